The van der Waals surface area contributed by atoms with E-state index in [-0.39, 0.29) is 24.4 Å². The lowest BCUT2D eigenvalue weighted by Crippen LogP contribution is -2.22. The molecule has 0 saturated heterocycles. The Morgan fingerprint density at radius 1 is 1.22 bits per heavy atom. The summed E-state index contributed by atoms with van der Waals surface area (Å²) in [5.41, 5.74) is 2.55. The van der Waals surface area contributed by atoms with Gasteiger partial charge in [-0.1, -0.05) is 29.0 Å². The van der Waals surface area contributed by atoms with Gasteiger partial charge in [-0.2, -0.15) is 0 Å². The molecular formula is C16H18N2O4S. The van der Waals surface area contributed by atoms with Crippen LogP contribution in [0.15, 0.2) is 34.4 Å². The van der Waals surface area contributed by atoms with Gasteiger partial charge in [-0.05, 0) is 26.0 Å². The first-order chi connectivity index (χ1) is 11.0. The van der Waals surface area contributed by atoms with E-state index >= 15 is 0 Å². The van der Waals surface area contributed by atoms with Gasteiger partial charge in [0.05, 0.1) is 6.42 Å². The van der Waals surface area contributed by atoms with Crippen LogP contribution in [0.1, 0.15) is 17.7 Å². The highest BCUT2D eigenvalue weighted by atomic mass is 32.1. The predicted octanol–water partition coefficient (Wildman–Crippen LogP) is 2.10. The van der Waals surface area contributed by atoms with Crippen LogP contribution in [0.25, 0.3) is 0 Å². The normalized spacial score (nSPS) is 10.3. The molecule has 0 aliphatic heterocycles. The maximum absolute atomic E-state index is 11.7. The van der Waals surface area contributed by atoms with Crippen molar-refractivity contribution in [1.82, 2.24) is 4.57 Å². The highest BCUT2D eigenvalue weighted by Crippen LogP contribution is 2.08. The highest BCUT2D eigenvalue weighted by molar-refractivity contribution is 7.07. The Morgan fingerprint density at radius 3 is 2.52 bits per heavy atom. The summed E-state index contributed by atoms with van der Waals surface area (Å²) in [6, 6.07) is 7.31. The highest BCUT2D eigenvalue weighted by Gasteiger charge is 2.10. The molecule has 0 atom stereocenters. The minimum absolute atomic E-state index is 0.0509. The molecular weight excluding hydrogens is 316 g/mol. The number of amides is 1. The Labute approximate surface area is 137 Å². The van der Waals surface area contributed by atoms with Crippen LogP contribution >= 0.6 is 11.3 Å². The molecule has 0 spiro atoms. The lowest BCUT2D eigenvalue weighted by atomic mass is 10.2. The second kappa shape index (κ2) is 7.73. The van der Waals surface area contributed by atoms with E-state index in [2.05, 4.69) is 5.32 Å². The summed E-state index contributed by atoms with van der Waals surface area (Å²) in [4.78, 5) is 34.8. The van der Waals surface area contributed by atoms with E-state index in [1.54, 1.807) is 24.4 Å². The first-order valence-corrected chi connectivity index (χ1v) is 8.01. The Morgan fingerprint density at radius 2 is 1.91 bits per heavy atom. The van der Waals surface area contributed by atoms with Gasteiger partial charge in [0, 0.05) is 23.3 Å². The quantitative estimate of drug-likeness (QED) is 0.821. The average molecular weight is 334 g/mol. The van der Waals surface area contributed by atoms with Crippen molar-refractivity contribution in [2.24, 2.45) is 0 Å². The number of esters is 1. The summed E-state index contributed by atoms with van der Waals surface area (Å²) in [7, 11) is 0. The molecule has 1 heterocycles. The number of aryl methyl sites for hydroxylation is 2. The van der Waals surface area contributed by atoms with E-state index in [4.69, 9.17) is 4.74 Å². The van der Waals surface area contributed by atoms with Gasteiger partial charge in [0.2, 0.25) is 0 Å². The van der Waals surface area contributed by atoms with Crippen LogP contribution in [0, 0.1) is 13.8 Å². The van der Waals surface area contributed by atoms with Crippen LogP contribution in [0.5, 0.6) is 0 Å². The minimum Gasteiger partial charge on any atom is -0.456 e. The average Bonchev–Trinajstić information content (AvgIpc) is 2.84. The van der Waals surface area contributed by atoms with Crippen LogP contribution in [-0.4, -0.2) is 23.1 Å². The number of thiazole rings is 1. The second-order valence-electron chi connectivity index (χ2n) is 5.12. The number of benzene rings is 1. The summed E-state index contributed by atoms with van der Waals surface area (Å²) in [5, 5.41) is 4.38. The van der Waals surface area contributed by atoms with Gasteiger partial charge in [-0.15, -0.1) is 0 Å². The summed E-state index contributed by atoms with van der Waals surface area (Å²) in [6.45, 7) is 3.67. The first kappa shape index (κ1) is 17.0. The van der Waals surface area contributed by atoms with Crippen molar-refractivity contribution < 1.29 is 14.3 Å². The third-order valence-corrected chi connectivity index (χ3v) is 4.10. The van der Waals surface area contributed by atoms with Crippen molar-refractivity contribution in [1.29, 1.82) is 0 Å². The van der Waals surface area contributed by atoms with E-state index in [1.165, 1.54) is 4.57 Å². The van der Waals surface area contributed by atoms with Gasteiger partial charge in [0.25, 0.3) is 5.91 Å². The smallest absolute Gasteiger partial charge is 0.308 e. The second-order valence-corrected chi connectivity index (χ2v) is 5.94. The molecule has 0 saturated carbocycles. The number of hydrogen-bond donors (Lipinski definition) is 1. The lowest BCUT2D eigenvalue weighted by molar-refractivity contribution is -0.147. The topological polar surface area (TPSA) is 77.4 Å². The van der Waals surface area contributed by atoms with Crippen molar-refractivity contribution in [3.63, 3.8) is 0 Å². The number of nitrogens with one attached hydrogen (secondary N) is 1. The Kier molecular flexibility index (Phi) is 5.70. The van der Waals surface area contributed by atoms with E-state index in [0.29, 0.717) is 5.69 Å². The fraction of sp³-hybridized carbons (Fsp3) is 0.312. The number of rotatable bonds is 6. The van der Waals surface area contributed by atoms with Crippen molar-refractivity contribution >= 4 is 28.9 Å². The SMILES string of the molecule is Cc1ccc(NC(=O)COC(=O)CCn2c(C)csc2=O)cc1. The number of anilines is 1. The molecule has 7 heteroatoms. The van der Waals surface area contributed by atoms with E-state index in [9.17, 15) is 14.4 Å². The predicted molar refractivity (Wildman–Crippen MR) is 88.7 cm³/mol. The summed E-state index contributed by atoms with van der Waals surface area (Å²) >= 11 is 1.09. The molecule has 1 aromatic carbocycles. The Hall–Kier alpha value is -2.41. The number of aromatic nitrogens is 1. The van der Waals surface area contributed by atoms with Gasteiger partial charge in [0.15, 0.2) is 6.61 Å². The number of hydrogen-bond acceptors (Lipinski definition) is 5. The molecule has 0 fully saturated rings. The molecule has 0 radical (unpaired) electrons. The Bertz CT molecular complexity index is 746. The molecule has 0 aliphatic carbocycles. The molecule has 1 aromatic heterocycles. The zero-order chi connectivity index (χ0) is 16.8. The molecule has 1 N–H and O–H groups in total. The lowest BCUT2D eigenvalue weighted by Gasteiger charge is -2.07. The van der Waals surface area contributed by atoms with Crippen molar-refractivity contribution in [2.75, 3.05) is 11.9 Å². The van der Waals surface area contributed by atoms with Crippen LogP contribution in [0.3, 0.4) is 0 Å². The third kappa shape index (κ3) is 5.07. The largest absolute Gasteiger partial charge is 0.456 e. The summed E-state index contributed by atoms with van der Waals surface area (Å²) in [5.74, 6) is -0.910. The summed E-state index contributed by atoms with van der Waals surface area (Å²) < 4.78 is 6.43. The zero-order valence-electron chi connectivity index (χ0n) is 13.0. The van der Waals surface area contributed by atoms with Gasteiger partial charge < -0.3 is 14.6 Å². The number of ether oxygens (including phenoxy) is 1. The van der Waals surface area contributed by atoms with Crippen molar-refractivity contribution in [3.8, 4) is 0 Å². The van der Waals surface area contributed by atoms with Crippen LogP contribution < -0.4 is 10.2 Å². The molecule has 0 aliphatic rings. The van der Waals surface area contributed by atoms with Crippen molar-refractivity contribution in [3.05, 3.63) is 50.6 Å². The van der Waals surface area contributed by atoms with Crippen LogP contribution in [0.4, 0.5) is 5.69 Å². The monoisotopic (exact) mass is 334 g/mol. The minimum atomic E-state index is -0.512. The fourth-order valence-electron chi connectivity index (χ4n) is 1.93. The maximum atomic E-state index is 11.7. The van der Waals surface area contributed by atoms with Gasteiger partial charge in [0.1, 0.15) is 0 Å². The van der Waals surface area contributed by atoms with E-state index in [0.717, 1.165) is 22.6 Å². The number of nitrogens with zero attached hydrogens (tertiary/aromatic N) is 1. The van der Waals surface area contributed by atoms with E-state index in [1.807, 2.05) is 19.1 Å². The number of carbonyl (C=O) groups is 2. The standard InChI is InChI=1S/C16H18N2O4S/c1-11-3-5-13(6-4-11)17-14(19)9-22-15(20)7-8-18-12(2)10-23-16(18)21/h3-6,10H,7-9H2,1-2H3,(H,17,19). The Balaban J connectivity index is 1.74. The van der Waals surface area contributed by atoms with Crippen LogP contribution in [0.2, 0.25) is 0 Å². The van der Waals surface area contributed by atoms with Crippen LogP contribution in [-0.2, 0) is 20.9 Å². The zero-order valence-corrected chi connectivity index (χ0v) is 13.8. The molecule has 1 amide bonds. The molecule has 6 nitrogen and oxygen atoms in total. The number of carbonyl (C=O) groups excluding carboxylic acids is 2. The van der Waals surface area contributed by atoms with Gasteiger partial charge in [-0.3, -0.25) is 14.4 Å². The third-order valence-electron chi connectivity index (χ3n) is 3.22. The summed E-state index contributed by atoms with van der Waals surface area (Å²) in [6.07, 6.45) is 0.0509. The molecule has 0 bridgehead atoms. The molecule has 23 heavy (non-hydrogen) atoms. The van der Waals surface area contributed by atoms with Crippen molar-refractivity contribution in [2.45, 2.75) is 26.8 Å². The maximum Gasteiger partial charge on any atom is 0.308 e. The molecule has 2 rings (SSSR count). The first-order valence-electron chi connectivity index (χ1n) is 7.13. The molecule has 2 aromatic rings. The van der Waals surface area contributed by atoms with E-state index < -0.39 is 11.9 Å². The molecule has 122 valence electrons. The van der Waals surface area contributed by atoms with Gasteiger partial charge >= 0.3 is 10.8 Å². The van der Waals surface area contributed by atoms with Gasteiger partial charge in [-0.25, -0.2) is 0 Å². The molecule has 0 unspecified atom stereocenters. The fourth-order valence-corrected chi connectivity index (χ4v) is 2.69.